The zero-order valence-corrected chi connectivity index (χ0v) is 11.2. The van der Waals surface area contributed by atoms with Gasteiger partial charge < -0.3 is 4.90 Å². The third-order valence-corrected chi connectivity index (χ3v) is 3.19. The van der Waals surface area contributed by atoms with E-state index in [4.69, 9.17) is 5.26 Å². The number of amides is 1. The van der Waals surface area contributed by atoms with Crippen LogP contribution in [0.4, 0.5) is 0 Å². The Labute approximate surface area is 99.4 Å². The van der Waals surface area contributed by atoms with Crippen LogP contribution in [-0.2, 0) is 4.79 Å². The van der Waals surface area contributed by atoms with Gasteiger partial charge in [-0.3, -0.25) is 4.79 Å². The quantitative estimate of drug-likeness (QED) is 0.720. The lowest BCUT2D eigenvalue weighted by Crippen LogP contribution is -2.34. The van der Waals surface area contributed by atoms with E-state index in [9.17, 15) is 4.79 Å². The highest BCUT2D eigenvalue weighted by Gasteiger charge is 2.24. The van der Waals surface area contributed by atoms with Gasteiger partial charge in [0.2, 0.25) is 5.91 Å². The van der Waals surface area contributed by atoms with E-state index in [1.807, 2.05) is 6.92 Å². The van der Waals surface area contributed by atoms with Gasteiger partial charge in [0.1, 0.15) is 0 Å². The lowest BCUT2D eigenvalue weighted by atomic mass is 9.80. The summed E-state index contributed by atoms with van der Waals surface area (Å²) < 4.78 is 0. The average Bonchev–Trinajstić information content (AvgIpc) is 2.17. The highest BCUT2D eigenvalue weighted by molar-refractivity contribution is 5.76. The molecule has 92 valence electrons. The van der Waals surface area contributed by atoms with E-state index < -0.39 is 0 Å². The molecular formula is C13H24N2O. The third kappa shape index (κ3) is 5.16. The van der Waals surface area contributed by atoms with Gasteiger partial charge in [-0.2, -0.15) is 5.26 Å². The first-order valence-electron chi connectivity index (χ1n) is 5.97. The van der Waals surface area contributed by atoms with Crippen LogP contribution in [-0.4, -0.2) is 23.9 Å². The molecule has 0 aliphatic carbocycles. The Bertz CT molecular complexity index is 260. The Morgan fingerprint density at radius 1 is 1.44 bits per heavy atom. The normalized spacial score (nSPS) is 13.0. The van der Waals surface area contributed by atoms with Crippen LogP contribution >= 0.6 is 0 Å². The van der Waals surface area contributed by atoms with Gasteiger partial charge in [0.15, 0.2) is 0 Å². The van der Waals surface area contributed by atoms with Crippen molar-refractivity contribution in [3.63, 3.8) is 0 Å². The first-order chi connectivity index (χ1) is 7.32. The van der Waals surface area contributed by atoms with Gasteiger partial charge in [0.05, 0.1) is 12.5 Å². The predicted molar refractivity (Wildman–Crippen MR) is 65.7 cm³/mol. The molecule has 0 rings (SSSR count). The first kappa shape index (κ1) is 15.0. The standard InChI is InChI=1S/C13H24N2O/c1-6-15(9-7-8-14)12(16)10-11(2)13(3,4)5/h11H,6-7,9-10H2,1-5H3. The van der Waals surface area contributed by atoms with Crippen molar-refractivity contribution in [2.45, 2.75) is 47.5 Å². The third-order valence-electron chi connectivity index (χ3n) is 3.19. The lowest BCUT2D eigenvalue weighted by molar-refractivity contribution is -0.132. The Morgan fingerprint density at radius 2 is 2.00 bits per heavy atom. The van der Waals surface area contributed by atoms with E-state index in [0.717, 1.165) is 0 Å². The fraction of sp³-hybridized carbons (Fsp3) is 0.846. The molecule has 0 aromatic heterocycles. The summed E-state index contributed by atoms with van der Waals surface area (Å²) in [7, 11) is 0. The van der Waals surface area contributed by atoms with Crippen LogP contribution in [0.15, 0.2) is 0 Å². The van der Waals surface area contributed by atoms with Crippen LogP contribution in [0.5, 0.6) is 0 Å². The number of hydrogen-bond donors (Lipinski definition) is 0. The average molecular weight is 224 g/mol. The number of rotatable bonds is 5. The Kier molecular flexibility index (Phi) is 6.10. The second-order valence-electron chi connectivity index (χ2n) is 5.35. The van der Waals surface area contributed by atoms with Gasteiger partial charge in [0.25, 0.3) is 0 Å². The van der Waals surface area contributed by atoms with Crippen molar-refractivity contribution in [3.05, 3.63) is 0 Å². The second-order valence-corrected chi connectivity index (χ2v) is 5.35. The number of nitriles is 1. The van der Waals surface area contributed by atoms with Crippen molar-refractivity contribution in [2.24, 2.45) is 11.3 Å². The van der Waals surface area contributed by atoms with Gasteiger partial charge in [0, 0.05) is 19.5 Å². The van der Waals surface area contributed by atoms with Crippen LogP contribution < -0.4 is 0 Å². The van der Waals surface area contributed by atoms with Crippen LogP contribution in [0.3, 0.4) is 0 Å². The maximum absolute atomic E-state index is 12.0. The fourth-order valence-electron chi connectivity index (χ4n) is 1.34. The summed E-state index contributed by atoms with van der Waals surface area (Å²) in [4.78, 5) is 13.7. The Morgan fingerprint density at radius 3 is 2.38 bits per heavy atom. The molecule has 0 radical (unpaired) electrons. The van der Waals surface area contributed by atoms with Crippen molar-refractivity contribution in [2.75, 3.05) is 13.1 Å². The molecule has 1 atom stereocenters. The maximum Gasteiger partial charge on any atom is 0.222 e. The van der Waals surface area contributed by atoms with Gasteiger partial charge >= 0.3 is 0 Å². The molecule has 1 amide bonds. The summed E-state index contributed by atoms with van der Waals surface area (Å²) in [5.41, 5.74) is 0.157. The van der Waals surface area contributed by atoms with Crippen molar-refractivity contribution in [1.82, 2.24) is 4.90 Å². The minimum Gasteiger partial charge on any atom is -0.342 e. The van der Waals surface area contributed by atoms with Crippen molar-refractivity contribution in [3.8, 4) is 6.07 Å². The largest absolute Gasteiger partial charge is 0.342 e. The van der Waals surface area contributed by atoms with Gasteiger partial charge in [-0.15, -0.1) is 0 Å². The van der Waals surface area contributed by atoms with E-state index in [2.05, 4.69) is 33.8 Å². The molecule has 0 bridgehead atoms. The molecule has 0 fully saturated rings. The molecular weight excluding hydrogens is 200 g/mol. The molecule has 0 spiro atoms. The zero-order valence-electron chi connectivity index (χ0n) is 11.2. The van der Waals surface area contributed by atoms with E-state index >= 15 is 0 Å². The number of carbonyl (C=O) groups excluding carboxylic acids is 1. The zero-order chi connectivity index (χ0) is 12.8. The van der Waals surface area contributed by atoms with E-state index in [0.29, 0.717) is 31.8 Å². The summed E-state index contributed by atoms with van der Waals surface area (Å²) in [5.74, 6) is 0.524. The van der Waals surface area contributed by atoms with Gasteiger partial charge in [-0.1, -0.05) is 27.7 Å². The number of nitrogens with zero attached hydrogens (tertiary/aromatic N) is 2. The smallest absolute Gasteiger partial charge is 0.222 e. The number of carbonyl (C=O) groups is 1. The van der Waals surface area contributed by atoms with Crippen LogP contribution in [0.1, 0.15) is 47.5 Å². The topological polar surface area (TPSA) is 44.1 Å². The highest BCUT2D eigenvalue weighted by atomic mass is 16.2. The molecule has 16 heavy (non-hydrogen) atoms. The lowest BCUT2D eigenvalue weighted by Gasteiger charge is -2.29. The molecule has 0 heterocycles. The van der Waals surface area contributed by atoms with Crippen LogP contribution in [0.25, 0.3) is 0 Å². The number of hydrogen-bond acceptors (Lipinski definition) is 2. The predicted octanol–water partition coefficient (Wildman–Crippen LogP) is 2.82. The summed E-state index contributed by atoms with van der Waals surface area (Å²) in [6, 6.07) is 2.08. The Balaban J connectivity index is 4.27. The second kappa shape index (κ2) is 6.52. The SMILES string of the molecule is CCN(CCC#N)C(=O)CC(C)C(C)(C)C. The van der Waals surface area contributed by atoms with Crippen molar-refractivity contribution >= 4 is 5.91 Å². The van der Waals surface area contributed by atoms with Gasteiger partial charge in [-0.25, -0.2) is 0 Å². The first-order valence-corrected chi connectivity index (χ1v) is 5.97. The van der Waals surface area contributed by atoms with E-state index in [-0.39, 0.29) is 11.3 Å². The van der Waals surface area contributed by atoms with Gasteiger partial charge in [-0.05, 0) is 18.3 Å². The Hall–Kier alpha value is -1.04. The molecule has 3 heteroatoms. The fourth-order valence-corrected chi connectivity index (χ4v) is 1.34. The van der Waals surface area contributed by atoms with Crippen molar-refractivity contribution < 1.29 is 4.79 Å². The summed E-state index contributed by atoms with van der Waals surface area (Å²) in [6.07, 6.45) is 0.992. The maximum atomic E-state index is 12.0. The minimum absolute atomic E-state index is 0.157. The molecule has 1 unspecified atom stereocenters. The van der Waals surface area contributed by atoms with E-state index in [1.165, 1.54) is 0 Å². The molecule has 0 saturated heterocycles. The van der Waals surface area contributed by atoms with Crippen LogP contribution in [0, 0.1) is 22.7 Å². The molecule has 0 aliphatic rings. The van der Waals surface area contributed by atoms with E-state index in [1.54, 1.807) is 4.90 Å². The summed E-state index contributed by atoms with van der Waals surface area (Å²) in [5, 5.41) is 8.52. The summed E-state index contributed by atoms with van der Waals surface area (Å²) in [6.45, 7) is 11.8. The molecule has 0 aromatic carbocycles. The molecule has 0 aliphatic heterocycles. The molecule has 0 aromatic rings. The van der Waals surface area contributed by atoms with Crippen molar-refractivity contribution in [1.29, 1.82) is 5.26 Å². The molecule has 0 saturated carbocycles. The van der Waals surface area contributed by atoms with Crippen LogP contribution in [0.2, 0.25) is 0 Å². The highest BCUT2D eigenvalue weighted by Crippen LogP contribution is 2.28. The minimum atomic E-state index is 0.157. The molecule has 3 nitrogen and oxygen atoms in total. The monoisotopic (exact) mass is 224 g/mol. The molecule has 0 N–H and O–H groups in total. The summed E-state index contributed by atoms with van der Waals surface area (Å²) >= 11 is 0.